The van der Waals surface area contributed by atoms with Crippen LogP contribution in [0.15, 0.2) is 77.2 Å². The average molecular weight is 412 g/mol. The highest BCUT2D eigenvalue weighted by Gasteiger charge is 2.21. The maximum Gasteiger partial charge on any atom is 0.203 e. The number of hydrogen-bond acceptors (Lipinski definition) is 4. The van der Waals surface area contributed by atoms with Crippen molar-refractivity contribution >= 4 is 22.1 Å². The molecular weight excluding hydrogens is 388 g/mol. The molecule has 2 N–H and O–H groups in total. The molecule has 0 bridgehead atoms. The molecule has 6 nitrogen and oxygen atoms in total. The van der Waals surface area contributed by atoms with Gasteiger partial charge in [0.25, 0.3) is 0 Å². The molecule has 6 heteroatoms. The number of para-hydroxylation sites is 4. The normalized spacial score (nSPS) is 12.6. The van der Waals surface area contributed by atoms with Gasteiger partial charge in [-0.15, -0.1) is 0 Å². The lowest BCUT2D eigenvalue weighted by Crippen LogP contribution is -2.30. The van der Waals surface area contributed by atoms with E-state index in [1.165, 1.54) is 5.56 Å². The molecule has 31 heavy (non-hydrogen) atoms. The van der Waals surface area contributed by atoms with Crippen LogP contribution in [-0.2, 0) is 13.0 Å². The number of benzene rings is 3. The van der Waals surface area contributed by atoms with Gasteiger partial charge in [-0.3, -0.25) is 5.41 Å². The molecule has 0 aliphatic rings. The van der Waals surface area contributed by atoms with Crippen LogP contribution in [0.25, 0.3) is 22.1 Å². The number of aryl methyl sites for hydroxylation is 1. The van der Waals surface area contributed by atoms with Crippen LogP contribution >= 0.6 is 0 Å². The van der Waals surface area contributed by atoms with Gasteiger partial charge < -0.3 is 18.7 Å². The van der Waals surface area contributed by atoms with E-state index in [0.29, 0.717) is 24.5 Å². The molecular formula is C25H24N4O2. The number of hydrogen-bond donors (Lipinski definition) is 2. The monoisotopic (exact) mass is 412 g/mol. The fourth-order valence-corrected chi connectivity index (χ4v) is 4.11. The summed E-state index contributed by atoms with van der Waals surface area (Å²) >= 11 is 0. The Labute approximate surface area is 179 Å². The van der Waals surface area contributed by atoms with Crippen LogP contribution in [-0.4, -0.2) is 25.8 Å². The van der Waals surface area contributed by atoms with Gasteiger partial charge in [-0.2, -0.15) is 0 Å². The number of nitrogens with zero attached hydrogens (tertiary/aromatic N) is 3. The Morgan fingerprint density at radius 3 is 2.42 bits per heavy atom. The number of aliphatic hydroxyl groups is 1. The number of aromatic nitrogens is 3. The first-order valence-electron chi connectivity index (χ1n) is 10.4. The van der Waals surface area contributed by atoms with Crippen LogP contribution in [0.4, 0.5) is 0 Å². The second-order valence-electron chi connectivity index (χ2n) is 7.87. The van der Waals surface area contributed by atoms with Crippen LogP contribution in [0.3, 0.4) is 0 Å². The third-order valence-corrected chi connectivity index (χ3v) is 5.70. The van der Waals surface area contributed by atoms with Crippen molar-refractivity contribution in [1.82, 2.24) is 14.1 Å². The van der Waals surface area contributed by atoms with Crippen molar-refractivity contribution in [2.24, 2.45) is 0 Å². The van der Waals surface area contributed by atoms with Gasteiger partial charge in [0, 0.05) is 6.42 Å². The highest BCUT2D eigenvalue weighted by atomic mass is 16.3. The summed E-state index contributed by atoms with van der Waals surface area (Å²) in [6, 6.07) is 23.6. The van der Waals surface area contributed by atoms with Gasteiger partial charge in [0.2, 0.25) is 5.62 Å². The lowest BCUT2D eigenvalue weighted by atomic mass is 10.1. The predicted molar refractivity (Wildman–Crippen MR) is 120 cm³/mol. The number of imidazole rings is 1. The summed E-state index contributed by atoms with van der Waals surface area (Å²) in [5.74, 6) is 0.558. The second-order valence-corrected chi connectivity index (χ2v) is 7.87. The molecule has 0 radical (unpaired) electrons. The third-order valence-electron chi connectivity index (χ3n) is 5.70. The first-order valence-corrected chi connectivity index (χ1v) is 10.4. The van der Waals surface area contributed by atoms with E-state index >= 15 is 0 Å². The van der Waals surface area contributed by atoms with Gasteiger partial charge in [-0.05, 0) is 36.8 Å². The van der Waals surface area contributed by atoms with Crippen molar-refractivity contribution < 1.29 is 9.52 Å². The van der Waals surface area contributed by atoms with Gasteiger partial charge in [0.15, 0.2) is 11.5 Å². The van der Waals surface area contributed by atoms with Gasteiger partial charge in [-0.25, -0.2) is 4.98 Å². The zero-order valence-electron chi connectivity index (χ0n) is 17.3. The smallest absolute Gasteiger partial charge is 0.203 e. The number of aliphatic hydroxyl groups excluding tert-OH is 1. The van der Waals surface area contributed by atoms with E-state index in [2.05, 4.69) is 36.2 Å². The molecule has 0 fully saturated rings. The molecule has 1 atom stereocenters. The third kappa shape index (κ3) is 3.55. The van der Waals surface area contributed by atoms with E-state index in [0.717, 1.165) is 27.7 Å². The number of fused-ring (bicyclic) bond motifs is 2. The summed E-state index contributed by atoms with van der Waals surface area (Å²) in [6.45, 7) is 2.54. The highest BCUT2D eigenvalue weighted by molar-refractivity contribution is 5.76. The largest absolute Gasteiger partial charge is 0.441 e. The Hall–Kier alpha value is -3.64. The molecule has 2 heterocycles. The van der Waals surface area contributed by atoms with Gasteiger partial charge in [-0.1, -0.05) is 54.1 Å². The molecule has 0 spiro atoms. The van der Waals surface area contributed by atoms with Crippen molar-refractivity contribution in [3.63, 3.8) is 0 Å². The topological polar surface area (TPSA) is 80.0 Å². The zero-order chi connectivity index (χ0) is 21.4. The molecule has 0 saturated heterocycles. The van der Waals surface area contributed by atoms with Gasteiger partial charge in [0.1, 0.15) is 5.52 Å². The Morgan fingerprint density at radius 1 is 0.968 bits per heavy atom. The lowest BCUT2D eigenvalue weighted by Gasteiger charge is -2.15. The average Bonchev–Trinajstić information content (AvgIpc) is 3.32. The van der Waals surface area contributed by atoms with E-state index in [9.17, 15) is 5.11 Å². The van der Waals surface area contributed by atoms with Crippen LogP contribution in [0.5, 0.6) is 0 Å². The molecule has 2 aromatic heterocycles. The first-order chi connectivity index (χ1) is 15.1. The van der Waals surface area contributed by atoms with Crippen molar-refractivity contribution in [2.75, 3.05) is 6.61 Å². The Bertz CT molecular complexity index is 1380. The fourth-order valence-electron chi connectivity index (χ4n) is 4.11. The minimum Gasteiger partial charge on any atom is -0.441 e. The summed E-state index contributed by atoms with van der Waals surface area (Å²) in [6.07, 6.45) is 0.403. The van der Waals surface area contributed by atoms with E-state index < -0.39 is 0 Å². The van der Waals surface area contributed by atoms with Crippen molar-refractivity contribution in [3.8, 4) is 0 Å². The van der Waals surface area contributed by atoms with E-state index in [4.69, 9.17) is 9.83 Å². The van der Waals surface area contributed by atoms with E-state index in [1.54, 1.807) is 0 Å². The van der Waals surface area contributed by atoms with Crippen LogP contribution in [0.1, 0.15) is 23.1 Å². The van der Waals surface area contributed by atoms with Crippen LogP contribution < -0.4 is 5.62 Å². The lowest BCUT2D eigenvalue weighted by molar-refractivity contribution is 0.219. The predicted octanol–water partition coefficient (Wildman–Crippen LogP) is 4.20. The van der Waals surface area contributed by atoms with E-state index in [-0.39, 0.29) is 12.6 Å². The molecule has 0 saturated carbocycles. The number of rotatable bonds is 6. The molecule has 5 aromatic rings. The molecule has 156 valence electrons. The molecule has 0 aliphatic carbocycles. The summed E-state index contributed by atoms with van der Waals surface area (Å²) in [5.41, 5.74) is 6.09. The van der Waals surface area contributed by atoms with Crippen molar-refractivity contribution in [1.29, 1.82) is 5.41 Å². The quantitative estimate of drug-likeness (QED) is 0.439. The molecule has 0 aliphatic heterocycles. The summed E-state index contributed by atoms with van der Waals surface area (Å²) in [7, 11) is 0. The minimum absolute atomic E-state index is 0.117. The standard InChI is InChI=1S/C25H24N4O2/c1-17-10-12-18(13-11-17)15-28-21-7-3-4-8-22(21)29(25(28)26)19(16-30)14-24-27-20-6-2-5-9-23(20)31-24/h2-13,19,26,30H,14-16H2,1H3. The maximum atomic E-state index is 10.2. The fraction of sp³-hybridized carbons (Fsp3) is 0.200. The number of nitrogens with one attached hydrogen (secondary N) is 1. The minimum atomic E-state index is -0.357. The Morgan fingerprint density at radius 2 is 1.68 bits per heavy atom. The molecule has 0 amide bonds. The zero-order valence-corrected chi connectivity index (χ0v) is 17.3. The van der Waals surface area contributed by atoms with Crippen LogP contribution in [0.2, 0.25) is 0 Å². The molecule has 3 aromatic carbocycles. The summed E-state index contributed by atoms with van der Waals surface area (Å²) < 4.78 is 9.75. The maximum absolute atomic E-state index is 10.2. The SMILES string of the molecule is Cc1ccc(Cn2c(=N)n(C(CO)Cc3nc4ccccc4o3)c3ccccc32)cc1. The van der Waals surface area contributed by atoms with Crippen molar-refractivity contribution in [2.45, 2.75) is 25.9 Å². The summed E-state index contributed by atoms with van der Waals surface area (Å²) in [5, 5.41) is 19.2. The summed E-state index contributed by atoms with van der Waals surface area (Å²) in [4.78, 5) is 4.56. The van der Waals surface area contributed by atoms with Gasteiger partial charge >= 0.3 is 0 Å². The highest BCUT2D eigenvalue weighted by Crippen LogP contribution is 2.23. The molecule has 1 unspecified atom stereocenters. The Balaban J connectivity index is 1.57. The number of oxazole rings is 1. The molecule has 5 rings (SSSR count). The Kier molecular flexibility index (Phi) is 4.92. The van der Waals surface area contributed by atoms with Crippen LogP contribution in [0, 0.1) is 12.3 Å². The first kappa shape index (κ1) is 19.3. The van der Waals surface area contributed by atoms with E-state index in [1.807, 2.05) is 57.7 Å². The van der Waals surface area contributed by atoms with Gasteiger partial charge in [0.05, 0.1) is 30.2 Å². The second kappa shape index (κ2) is 7.89. The van der Waals surface area contributed by atoms with Crippen molar-refractivity contribution in [3.05, 3.63) is 95.4 Å².